The molecular weight excluding hydrogens is 280 g/mol. The molecule has 1 aromatic carbocycles. The number of hydrogen-bond acceptors (Lipinski definition) is 5. The summed E-state index contributed by atoms with van der Waals surface area (Å²) in [5.41, 5.74) is 3.43. The predicted molar refractivity (Wildman–Crippen MR) is 87.0 cm³/mol. The molecule has 3 aromatic rings. The lowest BCUT2D eigenvalue weighted by Gasteiger charge is -2.05. The van der Waals surface area contributed by atoms with Gasteiger partial charge < -0.3 is 5.32 Å². The Balaban J connectivity index is 1.78. The first kappa shape index (κ1) is 13.7. The van der Waals surface area contributed by atoms with Crippen LogP contribution < -0.4 is 5.32 Å². The van der Waals surface area contributed by atoms with E-state index in [9.17, 15) is 0 Å². The van der Waals surface area contributed by atoms with Crippen LogP contribution in [0.2, 0.25) is 0 Å². The van der Waals surface area contributed by atoms with Crippen LogP contribution in [0.1, 0.15) is 25.3 Å². The van der Waals surface area contributed by atoms with Gasteiger partial charge in [0.25, 0.3) is 0 Å². The Morgan fingerprint density at radius 2 is 1.76 bits per heavy atom. The van der Waals surface area contributed by atoms with Crippen molar-refractivity contribution in [2.45, 2.75) is 19.8 Å². The third-order valence-electron chi connectivity index (χ3n) is 3.16. The van der Waals surface area contributed by atoms with Crippen molar-refractivity contribution in [3.8, 4) is 11.3 Å². The van der Waals surface area contributed by atoms with Gasteiger partial charge >= 0.3 is 0 Å². The molecule has 3 rings (SSSR count). The Morgan fingerprint density at radius 1 is 1.05 bits per heavy atom. The highest BCUT2D eigenvalue weighted by Crippen LogP contribution is 2.27. The molecule has 2 heterocycles. The summed E-state index contributed by atoms with van der Waals surface area (Å²) in [7, 11) is 0. The molecule has 0 unspecified atom stereocenters. The maximum absolute atomic E-state index is 4.58. The van der Waals surface area contributed by atoms with Gasteiger partial charge in [0.15, 0.2) is 5.13 Å². The summed E-state index contributed by atoms with van der Waals surface area (Å²) in [6, 6.07) is 10.3. The number of thiazole rings is 1. The van der Waals surface area contributed by atoms with Crippen molar-refractivity contribution < 1.29 is 0 Å². The van der Waals surface area contributed by atoms with E-state index in [2.05, 4.69) is 58.4 Å². The molecule has 5 heteroatoms. The van der Waals surface area contributed by atoms with Crippen molar-refractivity contribution >= 4 is 22.4 Å². The van der Waals surface area contributed by atoms with Gasteiger partial charge in [-0.15, -0.1) is 11.3 Å². The number of rotatable bonds is 4. The summed E-state index contributed by atoms with van der Waals surface area (Å²) in [6.45, 7) is 4.39. The van der Waals surface area contributed by atoms with Gasteiger partial charge in [-0.2, -0.15) is 0 Å². The van der Waals surface area contributed by atoms with Crippen LogP contribution >= 0.6 is 11.3 Å². The zero-order chi connectivity index (χ0) is 14.7. The number of anilines is 2. The van der Waals surface area contributed by atoms with Gasteiger partial charge in [0, 0.05) is 23.3 Å². The monoisotopic (exact) mass is 296 g/mol. The van der Waals surface area contributed by atoms with Crippen molar-refractivity contribution in [2.75, 3.05) is 5.32 Å². The van der Waals surface area contributed by atoms with Crippen LogP contribution in [0.4, 0.5) is 11.1 Å². The van der Waals surface area contributed by atoms with E-state index in [1.807, 2.05) is 5.38 Å². The summed E-state index contributed by atoms with van der Waals surface area (Å²) < 4.78 is 0. The molecule has 0 bridgehead atoms. The molecule has 2 aromatic heterocycles. The summed E-state index contributed by atoms with van der Waals surface area (Å²) in [5, 5.41) is 5.94. The van der Waals surface area contributed by atoms with Crippen LogP contribution in [-0.4, -0.2) is 15.0 Å². The lowest BCUT2D eigenvalue weighted by molar-refractivity contribution is 0.867. The minimum atomic E-state index is 0.543. The van der Waals surface area contributed by atoms with Crippen LogP contribution in [-0.2, 0) is 0 Å². The minimum Gasteiger partial charge on any atom is -0.300 e. The van der Waals surface area contributed by atoms with Gasteiger partial charge in [0.05, 0.1) is 5.69 Å². The Morgan fingerprint density at radius 3 is 2.43 bits per heavy atom. The second kappa shape index (κ2) is 6.01. The number of aromatic nitrogens is 3. The highest BCUT2D eigenvalue weighted by molar-refractivity contribution is 7.14. The Hall–Kier alpha value is -2.27. The number of hydrogen-bond donors (Lipinski definition) is 1. The molecule has 0 radical (unpaired) electrons. The zero-order valence-corrected chi connectivity index (χ0v) is 12.8. The number of nitrogens with one attached hydrogen (secondary N) is 1. The zero-order valence-electron chi connectivity index (χ0n) is 11.9. The van der Waals surface area contributed by atoms with Gasteiger partial charge in [0.1, 0.15) is 0 Å². The van der Waals surface area contributed by atoms with Gasteiger partial charge in [-0.25, -0.2) is 15.0 Å². The van der Waals surface area contributed by atoms with E-state index in [1.54, 1.807) is 29.8 Å². The highest BCUT2D eigenvalue weighted by Gasteiger charge is 2.06. The molecule has 0 amide bonds. The lowest BCUT2D eigenvalue weighted by atomic mass is 10.0. The minimum absolute atomic E-state index is 0.543. The summed E-state index contributed by atoms with van der Waals surface area (Å²) in [5.74, 6) is 1.11. The van der Waals surface area contributed by atoms with Crippen molar-refractivity contribution in [3.63, 3.8) is 0 Å². The molecule has 1 N–H and O–H groups in total. The molecular formula is C16H16N4S. The Bertz CT molecular complexity index is 705. The van der Waals surface area contributed by atoms with Crippen LogP contribution in [0.25, 0.3) is 11.3 Å². The van der Waals surface area contributed by atoms with Gasteiger partial charge in [-0.05, 0) is 17.5 Å². The molecule has 0 saturated carbocycles. The van der Waals surface area contributed by atoms with Gasteiger partial charge in [-0.1, -0.05) is 38.1 Å². The fourth-order valence-corrected chi connectivity index (χ4v) is 2.68. The van der Waals surface area contributed by atoms with Gasteiger partial charge in [-0.3, -0.25) is 0 Å². The molecule has 0 aliphatic rings. The Kier molecular flexibility index (Phi) is 3.92. The third kappa shape index (κ3) is 3.25. The van der Waals surface area contributed by atoms with E-state index < -0.39 is 0 Å². The van der Waals surface area contributed by atoms with Crippen LogP contribution in [0.15, 0.2) is 48.1 Å². The number of benzene rings is 1. The predicted octanol–water partition coefficient (Wildman–Crippen LogP) is 4.47. The molecule has 106 valence electrons. The molecule has 4 nitrogen and oxygen atoms in total. The van der Waals surface area contributed by atoms with E-state index in [4.69, 9.17) is 0 Å². The van der Waals surface area contributed by atoms with E-state index in [1.165, 1.54) is 5.56 Å². The van der Waals surface area contributed by atoms with E-state index in [0.29, 0.717) is 11.9 Å². The summed E-state index contributed by atoms with van der Waals surface area (Å²) in [6.07, 6.45) is 3.41. The molecule has 0 aliphatic heterocycles. The first-order chi connectivity index (χ1) is 10.2. The van der Waals surface area contributed by atoms with Crippen LogP contribution in [0.5, 0.6) is 0 Å². The maximum atomic E-state index is 4.58. The maximum Gasteiger partial charge on any atom is 0.228 e. The number of nitrogens with zero attached hydrogens (tertiary/aromatic N) is 3. The quantitative estimate of drug-likeness (QED) is 0.772. The molecule has 0 aliphatic carbocycles. The van der Waals surface area contributed by atoms with Gasteiger partial charge in [0.2, 0.25) is 5.95 Å². The van der Waals surface area contributed by atoms with Crippen LogP contribution in [0.3, 0.4) is 0 Å². The second-order valence-electron chi connectivity index (χ2n) is 5.01. The molecule has 0 fully saturated rings. The SMILES string of the molecule is CC(C)c1ccc(-c2csc(Nc3ncccn3)n2)cc1. The third-order valence-corrected chi connectivity index (χ3v) is 3.92. The van der Waals surface area contributed by atoms with Crippen molar-refractivity contribution in [1.82, 2.24) is 15.0 Å². The topological polar surface area (TPSA) is 50.7 Å². The largest absolute Gasteiger partial charge is 0.300 e. The molecule has 0 spiro atoms. The van der Waals surface area contributed by atoms with Crippen molar-refractivity contribution in [1.29, 1.82) is 0 Å². The normalized spacial score (nSPS) is 10.8. The fourth-order valence-electron chi connectivity index (χ4n) is 1.96. The first-order valence-electron chi connectivity index (χ1n) is 6.82. The first-order valence-corrected chi connectivity index (χ1v) is 7.70. The van der Waals surface area contributed by atoms with Crippen LogP contribution in [0, 0.1) is 0 Å². The average Bonchev–Trinajstić information content (AvgIpc) is 2.97. The highest BCUT2D eigenvalue weighted by atomic mass is 32.1. The Labute approximate surface area is 127 Å². The molecule has 0 atom stereocenters. The van der Waals surface area contributed by atoms with E-state index in [-0.39, 0.29) is 0 Å². The fraction of sp³-hybridized carbons (Fsp3) is 0.188. The van der Waals surface area contributed by atoms with E-state index in [0.717, 1.165) is 16.4 Å². The molecule has 0 saturated heterocycles. The summed E-state index contributed by atoms with van der Waals surface area (Å²) >= 11 is 1.55. The van der Waals surface area contributed by atoms with E-state index >= 15 is 0 Å². The second-order valence-corrected chi connectivity index (χ2v) is 5.87. The standard InChI is InChI=1S/C16H16N4S/c1-11(2)12-4-6-13(7-5-12)14-10-21-16(19-14)20-15-17-8-3-9-18-15/h3-11H,1-2H3,(H,17,18,19,20). The molecule has 21 heavy (non-hydrogen) atoms. The van der Waals surface area contributed by atoms with Crippen molar-refractivity contribution in [3.05, 3.63) is 53.7 Å². The average molecular weight is 296 g/mol. The smallest absolute Gasteiger partial charge is 0.228 e. The summed E-state index contributed by atoms with van der Waals surface area (Å²) in [4.78, 5) is 12.8. The lowest BCUT2D eigenvalue weighted by Crippen LogP contribution is -1.94. The van der Waals surface area contributed by atoms with Crippen molar-refractivity contribution in [2.24, 2.45) is 0 Å².